The van der Waals surface area contributed by atoms with Crippen LogP contribution >= 0.6 is 49.6 Å². The van der Waals surface area contributed by atoms with E-state index in [1.165, 1.54) is 0 Å². The molecule has 0 atom stereocenters. The van der Waals surface area contributed by atoms with Gasteiger partial charge >= 0.3 is 0 Å². The summed E-state index contributed by atoms with van der Waals surface area (Å²) < 4.78 is 0. The standard InChI is InChI=1S/2C5H5N.4ClH.3H2O/c2*1-2-4-6-5-3-1;;;;;;;/h2*1-5H;4*1H;3*1H2. The molecule has 19 heavy (non-hydrogen) atoms. The minimum atomic E-state index is 0. The summed E-state index contributed by atoms with van der Waals surface area (Å²) >= 11 is 0. The molecule has 2 aromatic heterocycles. The smallest absolute Gasteiger partial charge is 0.0267 e. The minimum absolute atomic E-state index is 0. The minimum Gasteiger partial charge on any atom is -0.412 e. The summed E-state index contributed by atoms with van der Waals surface area (Å²) in [5, 5.41) is 0. The van der Waals surface area contributed by atoms with Gasteiger partial charge in [-0.15, -0.1) is 49.6 Å². The molecule has 2 rings (SSSR count). The first-order chi connectivity index (χ1) is 6.00. The highest BCUT2D eigenvalue weighted by atomic mass is 35.5. The van der Waals surface area contributed by atoms with Crippen LogP contribution in [-0.2, 0) is 0 Å². The summed E-state index contributed by atoms with van der Waals surface area (Å²) in [5.74, 6) is 0. The van der Waals surface area contributed by atoms with Crippen LogP contribution in [0, 0.1) is 0 Å². The molecule has 2 heterocycles. The lowest BCUT2D eigenvalue weighted by molar-refractivity contribution is 0.823. The molecule has 0 aliphatic heterocycles. The van der Waals surface area contributed by atoms with Gasteiger partial charge in [0.05, 0.1) is 0 Å². The summed E-state index contributed by atoms with van der Waals surface area (Å²) in [6.45, 7) is 0. The quantitative estimate of drug-likeness (QED) is 0.707. The van der Waals surface area contributed by atoms with Crippen molar-refractivity contribution in [2.75, 3.05) is 0 Å². The highest BCUT2D eigenvalue weighted by Crippen LogP contribution is 1.74. The maximum absolute atomic E-state index is 3.78. The zero-order valence-corrected chi connectivity index (χ0v) is 13.1. The molecule has 0 aliphatic rings. The Balaban J connectivity index is -0.0000000222. The molecule has 0 bridgehead atoms. The van der Waals surface area contributed by atoms with Gasteiger partial charge in [-0.3, -0.25) is 9.97 Å². The molecule has 0 aromatic carbocycles. The summed E-state index contributed by atoms with van der Waals surface area (Å²) in [5.41, 5.74) is 0. The fourth-order valence-corrected chi connectivity index (χ4v) is 0.625. The van der Waals surface area contributed by atoms with Crippen LogP contribution in [0.5, 0.6) is 0 Å². The molecule has 2 aromatic rings. The Kier molecular flexibility index (Phi) is 81.3. The summed E-state index contributed by atoms with van der Waals surface area (Å²) in [4.78, 5) is 7.57. The molecule has 0 fully saturated rings. The Bertz CT molecular complexity index is 208. The van der Waals surface area contributed by atoms with E-state index in [1.54, 1.807) is 24.8 Å². The van der Waals surface area contributed by atoms with Gasteiger partial charge in [0, 0.05) is 24.8 Å². The first kappa shape index (κ1) is 42.9. The van der Waals surface area contributed by atoms with Crippen LogP contribution in [0.25, 0.3) is 0 Å². The van der Waals surface area contributed by atoms with Crippen molar-refractivity contribution in [1.29, 1.82) is 0 Å². The van der Waals surface area contributed by atoms with E-state index in [1.807, 2.05) is 36.4 Å². The van der Waals surface area contributed by atoms with E-state index in [-0.39, 0.29) is 66.1 Å². The molecule has 0 radical (unpaired) electrons. The zero-order chi connectivity index (χ0) is 8.49. The summed E-state index contributed by atoms with van der Waals surface area (Å²) in [6, 6.07) is 11.4. The second-order valence-electron chi connectivity index (χ2n) is 2.05. The average molecular weight is 358 g/mol. The van der Waals surface area contributed by atoms with Crippen LogP contribution in [-0.4, -0.2) is 26.4 Å². The van der Waals surface area contributed by atoms with Crippen LogP contribution in [0.1, 0.15) is 0 Å². The van der Waals surface area contributed by atoms with Crippen molar-refractivity contribution in [2.24, 2.45) is 0 Å². The molecule has 0 unspecified atom stereocenters. The largest absolute Gasteiger partial charge is 0.412 e. The molecule has 9 heteroatoms. The van der Waals surface area contributed by atoms with Crippen LogP contribution < -0.4 is 0 Å². The number of aromatic nitrogens is 2. The molecular weight excluding hydrogens is 338 g/mol. The van der Waals surface area contributed by atoms with Gasteiger partial charge in [0.2, 0.25) is 0 Å². The van der Waals surface area contributed by atoms with Gasteiger partial charge in [0.25, 0.3) is 0 Å². The van der Waals surface area contributed by atoms with Crippen LogP contribution in [0.4, 0.5) is 0 Å². The zero-order valence-electron chi connectivity index (χ0n) is 9.80. The first-order valence-corrected chi connectivity index (χ1v) is 3.70. The predicted molar refractivity (Wildman–Crippen MR) is 88.3 cm³/mol. The molecule has 0 saturated heterocycles. The van der Waals surface area contributed by atoms with E-state index in [0.717, 1.165) is 0 Å². The third kappa shape index (κ3) is 31.7. The maximum Gasteiger partial charge on any atom is 0.0267 e. The fraction of sp³-hybridized carbons (Fsp3) is 0. The number of nitrogens with zero attached hydrogens (tertiary/aromatic N) is 2. The Hall–Kier alpha value is -0.660. The fourth-order valence-electron chi connectivity index (χ4n) is 0.625. The highest BCUT2D eigenvalue weighted by molar-refractivity contribution is 5.86. The van der Waals surface area contributed by atoms with Crippen LogP contribution in [0.2, 0.25) is 0 Å². The Morgan fingerprint density at radius 2 is 0.579 bits per heavy atom. The average Bonchev–Trinajstić information content (AvgIpc) is 2.24. The normalized spacial score (nSPS) is 5.05. The van der Waals surface area contributed by atoms with Gasteiger partial charge in [-0.2, -0.15) is 0 Å². The van der Waals surface area contributed by atoms with Gasteiger partial charge in [-0.25, -0.2) is 0 Å². The van der Waals surface area contributed by atoms with Gasteiger partial charge in [0.15, 0.2) is 0 Å². The van der Waals surface area contributed by atoms with Crippen molar-refractivity contribution < 1.29 is 16.4 Å². The highest BCUT2D eigenvalue weighted by Gasteiger charge is 1.59. The molecule has 0 spiro atoms. The third-order valence-corrected chi connectivity index (χ3v) is 1.13. The Morgan fingerprint density at radius 1 is 0.368 bits per heavy atom. The lowest BCUT2D eigenvalue weighted by Gasteiger charge is -1.70. The van der Waals surface area contributed by atoms with E-state index < -0.39 is 0 Å². The van der Waals surface area contributed by atoms with Crippen molar-refractivity contribution in [3.63, 3.8) is 0 Å². The molecule has 0 amide bonds. The van der Waals surface area contributed by atoms with Crippen LogP contribution in [0.15, 0.2) is 61.2 Å². The third-order valence-electron chi connectivity index (χ3n) is 1.13. The predicted octanol–water partition coefficient (Wildman–Crippen LogP) is 1.38. The number of hydrogen-bond acceptors (Lipinski definition) is 2. The second-order valence-corrected chi connectivity index (χ2v) is 2.05. The Morgan fingerprint density at radius 3 is 0.632 bits per heavy atom. The second kappa shape index (κ2) is 36.0. The monoisotopic (exact) mass is 356 g/mol. The van der Waals surface area contributed by atoms with Crippen LogP contribution in [0.3, 0.4) is 0 Å². The van der Waals surface area contributed by atoms with Crippen molar-refractivity contribution in [1.82, 2.24) is 9.97 Å². The van der Waals surface area contributed by atoms with Crippen molar-refractivity contribution >= 4 is 49.6 Å². The number of hydrogen-bond donors (Lipinski definition) is 0. The van der Waals surface area contributed by atoms with Gasteiger partial charge in [-0.1, -0.05) is 12.1 Å². The van der Waals surface area contributed by atoms with E-state index in [2.05, 4.69) is 9.97 Å². The summed E-state index contributed by atoms with van der Waals surface area (Å²) in [7, 11) is 0. The Labute approximate surface area is 137 Å². The molecular formula is C10H20Cl4N2O3. The van der Waals surface area contributed by atoms with E-state index >= 15 is 0 Å². The van der Waals surface area contributed by atoms with Crippen molar-refractivity contribution in [3.8, 4) is 0 Å². The number of rotatable bonds is 0. The summed E-state index contributed by atoms with van der Waals surface area (Å²) in [6.07, 6.45) is 7.00. The maximum atomic E-state index is 3.78. The lowest BCUT2D eigenvalue weighted by Crippen LogP contribution is -1.58. The molecule has 0 aliphatic carbocycles. The van der Waals surface area contributed by atoms with Crippen molar-refractivity contribution in [2.45, 2.75) is 0 Å². The van der Waals surface area contributed by atoms with E-state index in [9.17, 15) is 0 Å². The molecule has 116 valence electrons. The molecule has 5 nitrogen and oxygen atoms in total. The van der Waals surface area contributed by atoms with E-state index in [0.29, 0.717) is 0 Å². The molecule has 0 saturated carbocycles. The van der Waals surface area contributed by atoms with Gasteiger partial charge in [0.1, 0.15) is 0 Å². The lowest BCUT2D eigenvalue weighted by atomic mass is 10.5. The first-order valence-electron chi connectivity index (χ1n) is 3.70. The number of halogens is 4. The van der Waals surface area contributed by atoms with Gasteiger partial charge in [-0.05, 0) is 24.3 Å². The van der Waals surface area contributed by atoms with Crippen molar-refractivity contribution in [3.05, 3.63) is 61.2 Å². The van der Waals surface area contributed by atoms with E-state index in [4.69, 9.17) is 0 Å². The topological polar surface area (TPSA) is 120 Å². The SMILES string of the molecule is Cl.Cl.Cl.Cl.O.O.O.c1ccncc1.c1ccncc1. The number of pyridine rings is 2. The van der Waals surface area contributed by atoms with Gasteiger partial charge < -0.3 is 16.4 Å². The molecule has 6 N–H and O–H groups in total.